The highest BCUT2D eigenvalue weighted by molar-refractivity contribution is 7.07. The molecule has 3 heteroatoms. The molecule has 0 aliphatic carbocycles. The molecule has 0 radical (unpaired) electrons. The van der Waals surface area contributed by atoms with Crippen molar-refractivity contribution >= 4 is 11.3 Å². The highest BCUT2D eigenvalue weighted by atomic mass is 32.1. The fourth-order valence-electron chi connectivity index (χ4n) is 1.70. The van der Waals surface area contributed by atoms with Gasteiger partial charge in [0.15, 0.2) is 0 Å². The van der Waals surface area contributed by atoms with Crippen molar-refractivity contribution in [3.63, 3.8) is 0 Å². The van der Waals surface area contributed by atoms with Crippen LogP contribution in [0.4, 0.5) is 0 Å². The Hall–Kier alpha value is -1.19. The first-order chi connectivity index (χ1) is 8.38. The van der Waals surface area contributed by atoms with E-state index in [0.29, 0.717) is 0 Å². The average Bonchev–Trinajstić information content (AvgIpc) is 2.88. The molecule has 0 saturated carbocycles. The number of hydrogen-bond acceptors (Lipinski definition) is 3. The van der Waals surface area contributed by atoms with E-state index in [1.165, 1.54) is 16.8 Å². The molecule has 17 heavy (non-hydrogen) atoms. The van der Waals surface area contributed by atoms with Crippen LogP contribution in [0.3, 0.4) is 0 Å². The zero-order valence-electron chi connectivity index (χ0n) is 10.1. The van der Waals surface area contributed by atoms with Crippen LogP contribution in [0, 0.1) is 0 Å². The molecule has 0 fully saturated rings. The molecule has 2 aromatic rings. The lowest BCUT2D eigenvalue weighted by molar-refractivity contribution is 0.681. The molecule has 0 aliphatic heterocycles. The Morgan fingerprint density at radius 1 is 1.18 bits per heavy atom. The van der Waals surface area contributed by atoms with Crippen molar-refractivity contribution in [3.8, 4) is 0 Å². The molecule has 1 heterocycles. The molecule has 0 saturated heterocycles. The lowest BCUT2D eigenvalue weighted by Gasteiger charge is -2.04. The number of aryl methyl sites for hydroxylation is 1. The Balaban J connectivity index is 1.70. The molecule has 0 bridgehead atoms. The van der Waals surface area contributed by atoms with Crippen LogP contribution in [0.25, 0.3) is 0 Å². The SMILES string of the molecule is CCc1ccc(CNCCc2cscn2)cc1. The first-order valence-corrected chi connectivity index (χ1v) is 6.98. The van der Waals surface area contributed by atoms with Gasteiger partial charge in [0, 0.05) is 24.9 Å². The number of nitrogens with zero attached hydrogens (tertiary/aromatic N) is 1. The third kappa shape index (κ3) is 3.95. The van der Waals surface area contributed by atoms with Crippen molar-refractivity contribution < 1.29 is 0 Å². The Kier molecular flexibility index (Phi) is 4.71. The number of rotatable bonds is 6. The lowest BCUT2D eigenvalue weighted by atomic mass is 10.1. The normalized spacial score (nSPS) is 10.6. The van der Waals surface area contributed by atoms with Gasteiger partial charge >= 0.3 is 0 Å². The minimum Gasteiger partial charge on any atom is -0.312 e. The lowest BCUT2D eigenvalue weighted by Crippen LogP contribution is -2.16. The predicted molar refractivity (Wildman–Crippen MR) is 73.3 cm³/mol. The topological polar surface area (TPSA) is 24.9 Å². The van der Waals surface area contributed by atoms with Crippen molar-refractivity contribution in [1.82, 2.24) is 10.3 Å². The molecule has 0 atom stereocenters. The molecular formula is C14H18N2S. The minimum absolute atomic E-state index is 0.939. The predicted octanol–water partition coefficient (Wildman–Crippen LogP) is 3.04. The maximum atomic E-state index is 4.26. The summed E-state index contributed by atoms with van der Waals surface area (Å²) in [7, 11) is 0. The van der Waals surface area contributed by atoms with Gasteiger partial charge in [0.2, 0.25) is 0 Å². The monoisotopic (exact) mass is 246 g/mol. The maximum absolute atomic E-state index is 4.26. The van der Waals surface area contributed by atoms with Gasteiger partial charge in [0.25, 0.3) is 0 Å². The fourth-order valence-corrected chi connectivity index (χ4v) is 2.30. The van der Waals surface area contributed by atoms with Crippen molar-refractivity contribution in [1.29, 1.82) is 0 Å². The van der Waals surface area contributed by atoms with E-state index >= 15 is 0 Å². The van der Waals surface area contributed by atoms with Crippen molar-refractivity contribution in [2.45, 2.75) is 26.3 Å². The molecule has 1 aromatic carbocycles. The van der Waals surface area contributed by atoms with E-state index in [1.54, 1.807) is 11.3 Å². The Morgan fingerprint density at radius 2 is 1.94 bits per heavy atom. The van der Waals surface area contributed by atoms with Gasteiger partial charge in [0.1, 0.15) is 0 Å². The van der Waals surface area contributed by atoms with Crippen molar-refractivity contribution in [3.05, 3.63) is 52.0 Å². The van der Waals surface area contributed by atoms with E-state index in [9.17, 15) is 0 Å². The van der Waals surface area contributed by atoms with Crippen molar-refractivity contribution in [2.75, 3.05) is 6.54 Å². The van der Waals surface area contributed by atoms with Crippen LogP contribution in [-0.2, 0) is 19.4 Å². The number of thiazole rings is 1. The van der Waals surface area contributed by atoms with E-state index in [2.05, 4.69) is 46.9 Å². The number of nitrogens with one attached hydrogen (secondary N) is 1. The molecule has 0 spiro atoms. The molecule has 1 N–H and O–H groups in total. The Labute approximate surface area is 107 Å². The summed E-state index contributed by atoms with van der Waals surface area (Å²) in [6.07, 6.45) is 2.12. The molecule has 0 unspecified atom stereocenters. The molecular weight excluding hydrogens is 228 g/mol. The highest BCUT2D eigenvalue weighted by Crippen LogP contribution is 2.05. The van der Waals surface area contributed by atoms with Gasteiger partial charge in [0.05, 0.1) is 11.2 Å². The first-order valence-electron chi connectivity index (χ1n) is 6.04. The van der Waals surface area contributed by atoms with Crippen LogP contribution >= 0.6 is 11.3 Å². The third-order valence-electron chi connectivity index (χ3n) is 2.80. The summed E-state index contributed by atoms with van der Waals surface area (Å²) < 4.78 is 0. The summed E-state index contributed by atoms with van der Waals surface area (Å²) in [5, 5.41) is 5.55. The molecule has 0 aliphatic rings. The third-order valence-corrected chi connectivity index (χ3v) is 3.44. The first kappa shape index (κ1) is 12.3. The van der Waals surface area contributed by atoms with Gasteiger partial charge in [-0.1, -0.05) is 31.2 Å². The van der Waals surface area contributed by atoms with Crippen LogP contribution in [0.15, 0.2) is 35.2 Å². The number of hydrogen-bond donors (Lipinski definition) is 1. The summed E-state index contributed by atoms with van der Waals surface area (Å²) in [6.45, 7) is 4.11. The summed E-state index contributed by atoms with van der Waals surface area (Å²) in [6, 6.07) is 8.82. The van der Waals surface area contributed by atoms with E-state index in [1.807, 2.05) is 5.51 Å². The van der Waals surface area contributed by atoms with Crippen LogP contribution in [0.2, 0.25) is 0 Å². The summed E-state index contributed by atoms with van der Waals surface area (Å²) in [4.78, 5) is 4.26. The van der Waals surface area contributed by atoms with Gasteiger partial charge in [-0.2, -0.15) is 0 Å². The minimum atomic E-state index is 0.939. The van der Waals surface area contributed by atoms with Crippen molar-refractivity contribution in [2.24, 2.45) is 0 Å². The standard InChI is InChI=1S/C14H18N2S/c1-2-12-3-5-13(6-4-12)9-15-8-7-14-10-17-11-16-14/h3-6,10-11,15H,2,7-9H2,1H3. The largest absolute Gasteiger partial charge is 0.312 e. The van der Waals surface area contributed by atoms with Crippen LogP contribution < -0.4 is 5.32 Å². The maximum Gasteiger partial charge on any atom is 0.0794 e. The van der Waals surface area contributed by atoms with Crippen LogP contribution in [-0.4, -0.2) is 11.5 Å². The van der Waals surface area contributed by atoms with Gasteiger partial charge in [-0.15, -0.1) is 11.3 Å². The number of aromatic nitrogens is 1. The summed E-state index contributed by atoms with van der Waals surface area (Å²) in [5.74, 6) is 0. The highest BCUT2D eigenvalue weighted by Gasteiger charge is 1.96. The zero-order chi connectivity index (χ0) is 11.9. The smallest absolute Gasteiger partial charge is 0.0794 e. The number of benzene rings is 1. The second-order valence-corrected chi connectivity index (χ2v) is 4.80. The molecule has 1 aromatic heterocycles. The van der Waals surface area contributed by atoms with Gasteiger partial charge < -0.3 is 5.32 Å². The van der Waals surface area contributed by atoms with Crippen LogP contribution in [0.1, 0.15) is 23.7 Å². The second-order valence-electron chi connectivity index (χ2n) is 4.08. The Bertz CT molecular complexity index is 420. The second kappa shape index (κ2) is 6.52. The quantitative estimate of drug-likeness (QED) is 0.792. The van der Waals surface area contributed by atoms with E-state index in [-0.39, 0.29) is 0 Å². The van der Waals surface area contributed by atoms with E-state index in [4.69, 9.17) is 0 Å². The molecule has 90 valence electrons. The van der Waals surface area contributed by atoms with Gasteiger partial charge in [-0.05, 0) is 17.5 Å². The van der Waals surface area contributed by atoms with E-state index in [0.717, 1.165) is 25.9 Å². The van der Waals surface area contributed by atoms with E-state index < -0.39 is 0 Å². The molecule has 2 nitrogen and oxygen atoms in total. The average molecular weight is 246 g/mol. The Morgan fingerprint density at radius 3 is 2.59 bits per heavy atom. The van der Waals surface area contributed by atoms with Crippen LogP contribution in [0.5, 0.6) is 0 Å². The molecule has 2 rings (SSSR count). The zero-order valence-corrected chi connectivity index (χ0v) is 11.0. The van der Waals surface area contributed by atoms with Gasteiger partial charge in [-0.3, -0.25) is 0 Å². The summed E-state index contributed by atoms with van der Waals surface area (Å²) in [5.41, 5.74) is 5.82. The van der Waals surface area contributed by atoms with Gasteiger partial charge in [-0.25, -0.2) is 4.98 Å². The molecule has 0 amide bonds. The summed E-state index contributed by atoms with van der Waals surface area (Å²) >= 11 is 1.66. The fraction of sp³-hybridized carbons (Fsp3) is 0.357.